The van der Waals surface area contributed by atoms with Crippen molar-refractivity contribution >= 4 is 29.0 Å². The number of nitrogens with one attached hydrogen (secondary N) is 2. The number of hydrogen-bond donors (Lipinski definition) is 2. The van der Waals surface area contributed by atoms with Crippen molar-refractivity contribution in [2.75, 3.05) is 10.6 Å². The zero-order chi connectivity index (χ0) is 16.9. The van der Waals surface area contributed by atoms with E-state index >= 15 is 0 Å². The fraction of sp³-hybridized carbons (Fsp3) is 0.118. The molecule has 0 aliphatic carbocycles. The van der Waals surface area contributed by atoms with Gasteiger partial charge in [-0.25, -0.2) is 4.98 Å². The van der Waals surface area contributed by atoms with Crippen LogP contribution in [0.2, 0.25) is 5.02 Å². The molecule has 0 aliphatic rings. The summed E-state index contributed by atoms with van der Waals surface area (Å²) in [5.74, 6) is 0.460. The van der Waals surface area contributed by atoms with E-state index in [2.05, 4.69) is 20.7 Å². The predicted octanol–water partition coefficient (Wildman–Crippen LogP) is 3.33. The summed E-state index contributed by atoms with van der Waals surface area (Å²) in [5.41, 5.74) is 2.18. The molecule has 122 valence electrons. The first kappa shape index (κ1) is 16.0. The van der Waals surface area contributed by atoms with E-state index < -0.39 is 0 Å². The molecule has 1 aromatic carbocycles. The lowest BCUT2D eigenvalue weighted by molar-refractivity contribution is 0.102. The molecule has 0 unspecified atom stereocenters. The summed E-state index contributed by atoms with van der Waals surface area (Å²) in [4.78, 5) is 16.4. The van der Waals surface area contributed by atoms with Crippen LogP contribution in [0.25, 0.3) is 0 Å². The Bertz CT molecular complexity index is 844. The van der Waals surface area contributed by atoms with Gasteiger partial charge in [-0.15, -0.1) is 0 Å². The van der Waals surface area contributed by atoms with E-state index in [9.17, 15) is 4.79 Å². The van der Waals surface area contributed by atoms with Gasteiger partial charge in [0.05, 0.1) is 11.8 Å². The van der Waals surface area contributed by atoms with Crippen molar-refractivity contribution in [2.24, 2.45) is 7.05 Å². The summed E-state index contributed by atoms with van der Waals surface area (Å²) < 4.78 is 1.74. The number of rotatable bonds is 5. The van der Waals surface area contributed by atoms with Crippen LogP contribution in [0.3, 0.4) is 0 Å². The number of halogens is 1. The topological polar surface area (TPSA) is 71.8 Å². The van der Waals surface area contributed by atoms with Crippen LogP contribution in [0.1, 0.15) is 15.9 Å². The molecule has 2 aromatic heterocycles. The van der Waals surface area contributed by atoms with E-state index in [-0.39, 0.29) is 5.91 Å². The molecule has 2 N–H and O–H groups in total. The number of nitrogens with zero attached hydrogens (tertiary/aromatic N) is 3. The Hall–Kier alpha value is -2.86. The fourth-order valence-corrected chi connectivity index (χ4v) is 2.35. The molecule has 3 aromatic rings. The lowest BCUT2D eigenvalue weighted by Gasteiger charge is -2.07. The van der Waals surface area contributed by atoms with Gasteiger partial charge in [-0.1, -0.05) is 17.7 Å². The van der Waals surface area contributed by atoms with Crippen LogP contribution >= 0.6 is 11.6 Å². The molecule has 0 spiro atoms. The molecule has 0 atom stereocenters. The van der Waals surface area contributed by atoms with Crippen LogP contribution in [0.4, 0.5) is 11.5 Å². The Morgan fingerprint density at radius 2 is 2.12 bits per heavy atom. The molecule has 1 amide bonds. The van der Waals surface area contributed by atoms with Crippen molar-refractivity contribution in [2.45, 2.75) is 6.54 Å². The van der Waals surface area contributed by atoms with Crippen LogP contribution in [-0.2, 0) is 13.6 Å². The van der Waals surface area contributed by atoms with Crippen molar-refractivity contribution in [3.05, 3.63) is 71.1 Å². The summed E-state index contributed by atoms with van der Waals surface area (Å²) >= 11 is 5.90. The van der Waals surface area contributed by atoms with Crippen LogP contribution < -0.4 is 10.6 Å². The minimum absolute atomic E-state index is 0.233. The zero-order valence-electron chi connectivity index (χ0n) is 13.0. The maximum Gasteiger partial charge on any atom is 0.257 e. The number of carbonyl (C=O) groups is 1. The van der Waals surface area contributed by atoms with E-state index in [0.717, 1.165) is 5.56 Å². The average molecular weight is 342 g/mol. The molecule has 0 aliphatic heterocycles. The van der Waals surface area contributed by atoms with Crippen molar-refractivity contribution in [1.82, 2.24) is 14.8 Å². The molecule has 0 bridgehead atoms. The standard InChI is InChI=1S/C17H16ClN5O/c1-23-11-12(9-21-23)8-19-16-6-5-13(10-20-16)17(24)22-15-4-2-3-14(18)7-15/h2-7,9-11H,8H2,1H3,(H,19,20)(H,22,24). The minimum atomic E-state index is -0.233. The molecule has 3 rings (SSSR count). The molecule has 0 fully saturated rings. The molecule has 0 saturated carbocycles. The Morgan fingerprint density at radius 3 is 2.79 bits per heavy atom. The lowest BCUT2D eigenvalue weighted by atomic mass is 10.2. The summed E-state index contributed by atoms with van der Waals surface area (Å²) in [6.07, 6.45) is 5.26. The number of hydrogen-bond acceptors (Lipinski definition) is 4. The number of aromatic nitrogens is 3. The van der Waals surface area contributed by atoms with E-state index in [4.69, 9.17) is 11.6 Å². The number of aryl methyl sites for hydroxylation is 1. The number of amides is 1. The highest BCUT2D eigenvalue weighted by atomic mass is 35.5. The van der Waals surface area contributed by atoms with Gasteiger partial charge in [-0.05, 0) is 30.3 Å². The number of benzene rings is 1. The molecular weight excluding hydrogens is 326 g/mol. The van der Waals surface area contributed by atoms with E-state index in [1.165, 1.54) is 6.20 Å². The zero-order valence-corrected chi connectivity index (χ0v) is 13.8. The number of anilines is 2. The first-order valence-corrected chi connectivity index (χ1v) is 7.72. The SMILES string of the molecule is Cn1cc(CNc2ccc(C(=O)Nc3cccc(Cl)c3)cn2)cn1. The van der Waals surface area contributed by atoms with Crippen LogP contribution in [0.5, 0.6) is 0 Å². The molecule has 0 radical (unpaired) electrons. The quantitative estimate of drug-likeness (QED) is 0.746. The van der Waals surface area contributed by atoms with Gasteiger partial charge in [0, 0.05) is 42.3 Å². The third-order valence-corrected chi connectivity index (χ3v) is 3.58. The number of carbonyl (C=O) groups excluding carboxylic acids is 1. The van der Waals surface area contributed by atoms with Gasteiger partial charge in [0.2, 0.25) is 0 Å². The highest BCUT2D eigenvalue weighted by Gasteiger charge is 2.07. The molecule has 6 nitrogen and oxygen atoms in total. The van der Waals surface area contributed by atoms with E-state index in [1.807, 2.05) is 13.2 Å². The van der Waals surface area contributed by atoms with Crippen molar-refractivity contribution < 1.29 is 4.79 Å². The summed E-state index contributed by atoms with van der Waals surface area (Å²) in [6.45, 7) is 0.620. The Kier molecular flexibility index (Phi) is 4.77. The molecule has 0 saturated heterocycles. The first-order chi connectivity index (χ1) is 11.6. The van der Waals surface area contributed by atoms with Crippen molar-refractivity contribution in [3.63, 3.8) is 0 Å². The highest BCUT2D eigenvalue weighted by Crippen LogP contribution is 2.16. The van der Waals surface area contributed by atoms with Crippen LogP contribution in [0.15, 0.2) is 55.0 Å². The first-order valence-electron chi connectivity index (χ1n) is 7.34. The van der Waals surface area contributed by atoms with Gasteiger partial charge in [0.15, 0.2) is 0 Å². The lowest BCUT2D eigenvalue weighted by Crippen LogP contribution is -2.12. The molecule has 24 heavy (non-hydrogen) atoms. The third-order valence-electron chi connectivity index (χ3n) is 3.34. The van der Waals surface area contributed by atoms with Gasteiger partial charge in [-0.2, -0.15) is 5.10 Å². The smallest absolute Gasteiger partial charge is 0.257 e. The Labute approximate surface area is 144 Å². The monoisotopic (exact) mass is 341 g/mol. The Morgan fingerprint density at radius 1 is 1.25 bits per heavy atom. The van der Waals surface area contributed by atoms with E-state index in [1.54, 1.807) is 47.3 Å². The fourth-order valence-electron chi connectivity index (χ4n) is 2.16. The van der Waals surface area contributed by atoms with Crippen molar-refractivity contribution in [1.29, 1.82) is 0 Å². The third kappa shape index (κ3) is 4.11. The Balaban J connectivity index is 1.60. The molecule has 7 heteroatoms. The maximum atomic E-state index is 12.2. The minimum Gasteiger partial charge on any atom is -0.366 e. The largest absolute Gasteiger partial charge is 0.366 e. The summed E-state index contributed by atoms with van der Waals surface area (Å²) in [7, 11) is 1.87. The predicted molar refractivity (Wildman–Crippen MR) is 94.2 cm³/mol. The summed E-state index contributed by atoms with van der Waals surface area (Å²) in [5, 5.41) is 10.6. The van der Waals surface area contributed by atoms with Crippen molar-refractivity contribution in [3.8, 4) is 0 Å². The van der Waals surface area contributed by atoms with Gasteiger partial charge >= 0.3 is 0 Å². The van der Waals surface area contributed by atoms with Gasteiger partial charge < -0.3 is 10.6 Å². The second-order valence-electron chi connectivity index (χ2n) is 5.27. The van der Waals surface area contributed by atoms with E-state index in [0.29, 0.717) is 28.6 Å². The normalized spacial score (nSPS) is 10.4. The number of pyridine rings is 1. The maximum absolute atomic E-state index is 12.2. The van der Waals surface area contributed by atoms with Crippen LogP contribution in [0, 0.1) is 0 Å². The summed E-state index contributed by atoms with van der Waals surface area (Å²) in [6, 6.07) is 10.5. The van der Waals surface area contributed by atoms with Gasteiger partial charge in [-0.3, -0.25) is 9.48 Å². The molecular formula is C17H16ClN5O. The average Bonchev–Trinajstić information content (AvgIpc) is 2.99. The molecule has 2 heterocycles. The van der Waals surface area contributed by atoms with Crippen LogP contribution in [-0.4, -0.2) is 20.7 Å². The van der Waals surface area contributed by atoms with Gasteiger partial charge in [0.1, 0.15) is 5.82 Å². The highest BCUT2D eigenvalue weighted by molar-refractivity contribution is 6.30. The second-order valence-corrected chi connectivity index (χ2v) is 5.71. The second kappa shape index (κ2) is 7.14. The van der Waals surface area contributed by atoms with Gasteiger partial charge in [0.25, 0.3) is 5.91 Å².